The van der Waals surface area contributed by atoms with Gasteiger partial charge in [0, 0.05) is 6.08 Å². The van der Waals surface area contributed by atoms with Crippen molar-refractivity contribution in [1.29, 1.82) is 0 Å². The van der Waals surface area contributed by atoms with Gasteiger partial charge in [-0.1, -0.05) is 0 Å². The van der Waals surface area contributed by atoms with Crippen molar-refractivity contribution in [3.05, 3.63) is 11.6 Å². The number of rotatable bonds is 5. The molecule has 0 heterocycles. The van der Waals surface area contributed by atoms with Crippen LogP contribution in [-0.4, -0.2) is 56.3 Å². The van der Waals surface area contributed by atoms with E-state index in [1.165, 1.54) is 0 Å². The lowest BCUT2D eigenvalue weighted by molar-refractivity contribution is -0.138. The third kappa shape index (κ3) is 4.86. The van der Waals surface area contributed by atoms with Gasteiger partial charge in [-0.2, -0.15) is 0 Å². The third-order valence-electron chi connectivity index (χ3n) is 1.24. The highest BCUT2D eigenvalue weighted by Crippen LogP contribution is 2.01. The summed E-state index contributed by atoms with van der Waals surface area (Å²) in [6, 6.07) is 0. The van der Waals surface area contributed by atoms with Crippen LogP contribution in [0.5, 0.6) is 0 Å². The summed E-state index contributed by atoms with van der Waals surface area (Å²) >= 11 is 0. The van der Waals surface area contributed by atoms with E-state index in [-0.39, 0.29) is 11.6 Å². The van der Waals surface area contributed by atoms with Crippen molar-refractivity contribution >= 4 is 17.7 Å². The molecule has 8 heteroatoms. The van der Waals surface area contributed by atoms with Crippen LogP contribution in [0, 0.1) is 0 Å². The average Bonchev–Trinajstić information content (AvgIpc) is 2.11. The molecule has 0 fully saturated rings. The quantitative estimate of drug-likeness (QED) is 0.221. The minimum absolute atomic E-state index is 0. The molecule has 86 valence electrons. The van der Waals surface area contributed by atoms with Gasteiger partial charge in [-0.15, -0.1) is 0 Å². The molecule has 0 radical (unpaired) electrons. The van der Waals surface area contributed by atoms with Gasteiger partial charge in [0.25, 0.3) is 0 Å². The molecule has 6 N–H and O–H groups in total. The van der Waals surface area contributed by atoms with Crippen molar-refractivity contribution in [3.8, 4) is 0 Å². The summed E-state index contributed by atoms with van der Waals surface area (Å²) in [5, 5.41) is 33.7. The summed E-state index contributed by atoms with van der Waals surface area (Å²) in [5.74, 6) is -4.74. The smallest absolute Gasteiger partial charge is 0.339 e. The van der Waals surface area contributed by atoms with Crippen LogP contribution in [0.4, 0.5) is 0 Å². The van der Waals surface area contributed by atoms with Crippen molar-refractivity contribution in [1.82, 2.24) is 0 Å². The second-order valence-electron chi connectivity index (χ2n) is 2.26. The molecule has 0 spiro atoms. The standard InChI is InChI=1S/C7H8O7.H2O/c8-2-4(9)6(12)3(7(13)14)1-5(10)11;/h1,4,8-9H,2H2,(H,10,11)(H,13,14);1H2/b3-1-;. The van der Waals surface area contributed by atoms with Gasteiger partial charge < -0.3 is 25.9 Å². The second-order valence-corrected chi connectivity index (χ2v) is 2.26. The molecule has 15 heavy (non-hydrogen) atoms. The zero-order valence-electron chi connectivity index (χ0n) is 7.38. The molecule has 0 aromatic carbocycles. The topological polar surface area (TPSA) is 164 Å². The van der Waals surface area contributed by atoms with Gasteiger partial charge >= 0.3 is 11.9 Å². The van der Waals surface area contributed by atoms with Gasteiger partial charge in [-0.3, -0.25) is 4.79 Å². The van der Waals surface area contributed by atoms with Crippen molar-refractivity contribution in [2.45, 2.75) is 6.10 Å². The van der Waals surface area contributed by atoms with Gasteiger partial charge in [-0.25, -0.2) is 9.59 Å². The monoisotopic (exact) mass is 222 g/mol. The normalized spacial score (nSPS) is 12.5. The molecule has 0 aromatic rings. The minimum Gasteiger partial charge on any atom is -0.478 e. The minimum atomic E-state index is -1.92. The lowest BCUT2D eigenvalue weighted by atomic mass is 10.1. The number of carboxylic acid groups (broad SMARTS) is 2. The highest BCUT2D eigenvalue weighted by atomic mass is 16.4. The molecule has 0 aliphatic rings. The second kappa shape index (κ2) is 6.65. The van der Waals surface area contributed by atoms with Crippen molar-refractivity contribution < 1.29 is 40.3 Å². The molecule has 0 rings (SSSR count). The molecular formula is C7H10O8. The number of aliphatic carboxylic acids is 2. The molecule has 1 unspecified atom stereocenters. The molecule has 0 aromatic heterocycles. The van der Waals surface area contributed by atoms with E-state index in [1.807, 2.05) is 0 Å². The first kappa shape index (κ1) is 15.7. The highest BCUT2D eigenvalue weighted by Gasteiger charge is 2.24. The Hall–Kier alpha value is -1.77. The maximum atomic E-state index is 10.9. The van der Waals surface area contributed by atoms with Gasteiger partial charge in [0.05, 0.1) is 6.61 Å². The Morgan fingerprint density at radius 2 is 1.67 bits per heavy atom. The lowest BCUT2D eigenvalue weighted by Crippen LogP contribution is -2.29. The number of carboxylic acids is 2. The molecule has 0 amide bonds. The van der Waals surface area contributed by atoms with Crippen LogP contribution in [0.2, 0.25) is 0 Å². The molecule has 8 nitrogen and oxygen atoms in total. The predicted octanol–water partition coefficient (Wildman–Crippen LogP) is -2.82. The van der Waals surface area contributed by atoms with Gasteiger partial charge in [-0.05, 0) is 0 Å². The Balaban J connectivity index is 0. The molecule has 1 atom stereocenters. The molecular weight excluding hydrogens is 212 g/mol. The van der Waals surface area contributed by atoms with Crippen LogP contribution in [0.25, 0.3) is 0 Å². The Morgan fingerprint density at radius 3 is 1.93 bits per heavy atom. The van der Waals surface area contributed by atoms with Crippen LogP contribution in [0.1, 0.15) is 0 Å². The first-order valence-electron chi connectivity index (χ1n) is 3.41. The number of hydrogen-bond donors (Lipinski definition) is 4. The molecule has 0 bridgehead atoms. The van der Waals surface area contributed by atoms with E-state index in [9.17, 15) is 14.4 Å². The molecule has 0 saturated heterocycles. The summed E-state index contributed by atoms with van der Waals surface area (Å²) in [4.78, 5) is 31.4. The molecule has 0 saturated carbocycles. The van der Waals surface area contributed by atoms with Gasteiger partial charge in [0.15, 0.2) is 0 Å². The number of hydrogen-bond acceptors (Lipinski definition) is 5. The van der Waals surface area contributed by atoms with Crippen LogP contribution in [0.15, 0.2) is 11.6 Å². The Kier molecular flexibility index (Phi) is 6.96. The summed E-state index contributed by atoms with van der Waals surface area (Å²) in [7, 11) is 0. The van der Waals surface area contributed by atoms with E-state index in [0.717, 1.165) is 0 Å². The molecule has 0 aliphatic heterocycles. The first-order valence-corrected chi connectivity index (χ1v) is 3.41. The van der Waals surface area contributed by atoms with E-state index in [4.69, 9.17) is 20.4 Å². The van der Waals surface area contributed by atoms with Crippen LogP contribution < -0.4 is 0 Å². The van der Waals surface area contributed by atoms with Gasteiger partial charge in [0.2, 0.25) is 5.78 Å². The van der Waals surface area contributed by atoms with E-state index in [1.54, 1.807) is 0 Å². The van der Waals surface area contributed by atoms with Gasteiger partial charge in [0.1, 0.15) is 11.7 Å². The summed E-state index contributed by atoms with van der Waals surface area (Å²) < 4.78 is 0. The van der Waals surface area contributed by atoms with Crippen LogP contribution in [0.3, 0.4) is 0 Å². The summed E-state index contributed by atoms with van der Waals surface area (Å²) in [5.41, 5.74) is -1.08. The number of carbonyl (C=O) groups excluding carboxylic acids is 1. The maximum absolute atomic E-state index is 10.9. The maximum Gasteiger partial charge on any atom is 0.339 e. The Morgan fingerprint density at radius 1 is 1.20 bits per heavy atom. The number of carbonyl (C=O) groups is 3. The fourth-order valence-electron chi connectivity index (χ4n) is 0.624. The van der Waals surface area contributed by atoms with E-state index >= 15 is 0 Å². The average molecular weight is 222 g/mol. The number of Topliss-reactive ketones (excluding diaryl/α,β-unsaturated/α-hetero) is 1. The Labute approximate surface area is 83.4 Å². The van der Waals surface area contributed by atoms with Crippen molar-refractivity contribution in [3.63, 3.8) is 0 Å². The molecule has 0 aliphatic carbocycles. The van der Waals surface area contributed by atoms with Crippen molar-refractivity contribution in [2.75, 3.05) is 6.61 Å². The first-order chi connectivity index (χ1) is 6.40. The van der Waals surface area contributed by atoms with E-state index < -0.39 is 36.0 Å². The van der Waals surface area contributed by atoms with E-state index in [2.05, 4.69) is 0 Å². The van der Waals surface area contributed by atoms with Crippen molar-refractivity contribution in [2.24, 2.45) is 0 Å². The fraction of sp³-hybridized carbons (Fsp3) is 0.286. The zero-order valence-corrected chi connectivity index (χ0v) is 7.38. The predicted molar refractivity (Wildman–Crippen MR) is 45.1 cm³/mol. The van der Waals surface area contributed by atoms with Crippen LogP contribution >= 0.6 is 0 Å². The summed E-state index contributed by atoms with van der Waals surface area (Å²) in [6.07, 6.45) is -1.76. The lowest BCUT2D eigenvalue weighted by Gasteiger charge is -2.05. The SMILES string of the molecule is O.O=C(O)/C=C(\C(=O)O)C(=O)C(O)CO. The number of aliphatic hydroxyl groups is 2. The zero-order chi connectivity index (χ0) is 11.3. The van der Waals surface area contributed by atoms with Crippen LogP contribution in [-0.2, 0) is 14.4 Å². The van der Waals surface area contributed by atoms with E-state index in [0.29, 0.717) is 0 Å². The highest BCUT2D eigenvalue weighted by molar-refractivity contribution is 6.20. The fourth-order valence-corrected chi connectivity index (χ4v) is 0.624. The number of ketones is 1. The Bertz CT molecular complexity index is 291. The number of aliphatic hydroxyl groups excluding tert-OH is 2. The summed E-state index contributed by atoms with van der Waals surface area (Å²) in [6.45, 7) is -0.969. The third-order valence-corrected chi connectivity index (χ3v) is 1.24. The largest absolute Gasteiger partial charge is 0.478 e.